The van der Waals surface area contributed by atoms with Gasteiger partial charge in [-0.25, -0.2) is 0 Å². The molecular weight excluding hydrogens is 320 g/mol. The maximum absolute atomic E-state index is 4.99. The van der Waals surface area contributed by atoms with Crippen LogP contribution in [0.1, 0.15) is 37.7 Å². The molecule has 0 aromatic heterocycles. The van der Waals surface area contributed by atoms with Gasteiger partial charge in [0.25, 0.3) is 0 Å². The van der Waals surface area contributed by atoms with Gasteiger partial charge in [-0.05, 0) is 47.3 Å². The minimum Gasteiger partial charge on any atom is -0.334 e. The highest BCUT2D eigenvalue weighted by atomic mass is 79.9. The predicted molar refractivity (Wildman–Crippen MR) is 88.2 cm³/mol. The average molecular weight is 339 g/mol. The summed E-state index contributed by atoms with van der Waals surface area (Å²) in [5.41, 5.74) is 2.61. The van der Waals surface area contributed by atoms with Crippen molar-refractivity contribution in [3.8, 4) is 0 Å². The number of hydrogen-bond acceptors (Lipinski definition) is 3. The Hall–Kier alpha value is -0.480. The Morgan fingerprint density at radius 2 is 2.05 bits per heavy atom. The first kappa shape index (κ1) is 13.5. The first-order chi connectivity index (χ1) is 9.19. The van der Waals surface area contributed by atoms with Crippen LogP contribution in [-0.2, 0) is 0 Å². The Balaban J connectivity index is 1.77. The summed E-state index contributed by atoms with van der Waals surface area (Å²) < 4.78 is 1.14. The average Bonchev–Trinajstić information content (AvgIpc) is 2.79. The molecule has 0 unspecified atom stereocenters. The molecule has 1 aliphatic heterocycles. The van der Waals surface area contributed by atoms with E-state index in [1.54, 1.807) is 0 Å². The predicted octanol–water partition coefficient (Wildman–Crippen LogP) is 4.98. The molecule has 4 heteroatoms. The monoisotopic (exact) mass is 338 g/mol. The molecule has 1 spiro atoms. The van der Waals surface area contributed by atoms with E-state index >= 15 is 0 Å². The third-order valence-corrected chi connectivity index (χ3v) is 6.24. The molecule has 1 aliphatic carbocycles. The Kier molecular flexibility index (Phi) is 3.90. The van der Waals surface area contributed by atoms with Crippen LogP contribution in [0.4, 0.5) is 5.69 Å². The van der Waals surface area contributed by atoms with E-state index in [1.807, 2.05) is 11.8 Å². The normalized spacial score (nSPS) is 21.5. The van der Waals surface area contributed by atoms with Gasteiger partial charge >= 0.3 is 0 Å². The molecule has 0 radical (unpaired) electrons. The number of halogens is 1. The van der Waals surface area contributed by atoms with Gasteiger partial charge in [0.1, 0.15) is 0 Å². The van der Waals surface area contributed by atoms with Crippen molar-refractivity contribution in [3.63, 3.8) is 0 Å². The van der Waals surface area contributed by atoms with Crippen molar-refractivity contribution in [2.45, 2.75) is 44.6 Å². The van der Waals surface area contributed by atoms with E-state index in [1.165, 1.54) is 37.7 Å². The third-order valence-electron chi connectivity index (χ3n) is 4.03. The van der Waals surface area contributed by atoms with E-state index in [-0.39, 0.29) is 5.54 Å². The van der Waals surface area contributed by atoms with Crippen LogP contribution in [0.5, 0.6) is 0 Å². The fourth-order valence-corrected chi connectivity index (χ4v) is 4.43. The van der Waals surface area contributed by atoms with E-state index in [0.29, 0.717) is 0 Å². The second-order valence-electron chi connectivity index (χ2n) is 5.55. The number of hydrogen-bond donors (Lipinski definition) is 1. The smallest absolute Gasteiger partial charge is 0.161 e. The SMILES string of the molecule is Cc1cccc(NC2=NC3(CCCCC3)CS2)c1Br. The number of amidine groups is 1. The Morgan fingerprint density at radius 1 is 1.26 bits per heavy atom. The molecule has 1 heterocycles. The summed E-state index contributed by atoms with van der Waals surface area (Å²) in [6.07, 6.45) is 6.59. The van der Waals surface area contributed by atoms with Crippen LogP contribution >= 0.6 is 27.7 Å². The van der Waals surface area contributed by atoms with Crippen molar-refractivity contribution in [1.82, 2.24) is 0 Å². The lowest BCUT2D eigenvalue weighted by Crippen LogP contribution is -2.29. The lowest BCUT2D eigenvalue weighted by molar-refractivity contribution is 0.335. The van der Waals surface area contributed by atoms with Gasteiger partial charge in [-0.2, -0.15) is 0 Å². The van der Waals surface area contributed by atoms with Gasteiger partial charge < -0.3 is 5.32 Å². The molecule has 0 saturated heterocycles. The third kappa shape index (κ3) is 2.84. The molecule has 0 atom stereocenters. The highest BCUT2D eigenvalue weighted by Crippen LogP contribution is 2.40. The fourth-order valence-electron chi connectivity index (χ4n) is 2.87. The number of aryl methyl sites for hydroxylation is 1. The second-order valence-corrected chi connectivity index (χ2v) is 7.31. The fraction of sp³-hybridized carbons (Fsp3) is 0.533. The summed E-state index contributed by atoms with van der Waals surface area (Å²) in [6, 6.07) is 6.30. The van der Waals surface area contributed by atoms with Crippen LogP contribution in [0, 0.1) is 6.92 Å². The number of nitrogens with zero attached hydrogens (tertiary/aromatic N) is 1. The quantitative estimate of drug-likeness (QED) is 0.781. The van der Waals surface area contributed by atoms with Gasteiger partial charge in [0.2, 0.25) is 0 Å². The summed E-state index contributed by atoms with van der Waals surface area (Å²) in [6.45, 7) is 2.11. The first-order valence-corrected chi connectivity index (χ1v) is 8.71. The van der Waals surface area contributed by atoms with Crippen LogP contribution in [0.3, 0.4) is 0 Å². The van der Waals surface area contributed by atoms with Crippen molar-refractivity contribution in [3.05, 3.63) is 28.2 Å². The number of rotatable bonds is 1. The number of benzene rings is 1. The Morgan fingerprint density at radius 3 is 2.84 bits per heavy atom. The van der Waals surface area contributed by atoms with E-state index in [2.05, 4.69) is 46.4 Å². The minimum atomic E-state index is 0.238. The van der Waals surface area contributed by atoms with Gasteiger partial charge in [0, 0.05) is 10.2 Å². The largest absolute Gasteiger partial charge is 0.334 e. The summed E-state index contributed by atoms with van der Waals surface area (Å²) >= 11 is 5.52. The van der Waals surface area contributed by atoms with Gasteiger partial charge in [-0.3, -0.25) is 4.99 Å². The zero-order valence-electron chi connectivity index (χ0n) is 11.2. The maximum atomic E-state index is 4.99. The molecule has 2 nitrogen and oxygen atoms in total. The number of anilines is 1. The summed E-state index contributed by atoms with van der Waals surface area (Å²) in [5, 5.41) is 4.58. The molecule has 102 valence electrons. The molecule has 1 aromatic carbocycles. The maximum Gasteiger partial charge on any atom is 0.161 e. The Bertz CT molecular complexity index is 507. The van der Waals surface area contributed by atoms with Crippen molar-refractivity contribution in [2.75, 3.05) is 11.1 Å². The summed E-state index contributed by atoms with van der Waals surface area (Å²) in [4.78, 5) is 4.99. The number of aliphatic imine (C=N–C) groups is 1. The number of thioether (sulfide) groups is 1. The molecular formula is C15H19BrN2S. The van der Waals surface area contributed by atoms with Crippen LogP contribution in [0.15, 0.2) is 27.7 Å². The van der Waals surface area contributed by atoms with Gasteiger partial charge in [0.05, 0.1) is 11.2 Å². The zero-order valence-corrected chi connectivity index (χ0v) is 13.6. The standard InChI is InChI=1S/C15H19BrN2S/c1-11-6-5-7-12(13(11)16)17-14-18-15(10-19-14)8-3-2-4-9-15/h5-7H,2-4,8-10H2,1H3,(H,17,18). The van der Waals surface area contributed by atoms with E-state index in [9.17, 15) is 0 Å². The minimum absolute atomic E-state index is 0.238. The summed E-state index contributed by atoms with van der Waals surface area (Å²) in [7, 11) is 0. The first-order valence-electron chi connectivity index (χ1n) is 6.93. The molecule has 3 rings (SSSR count). The topological polar surface area (TPSA) is 24.4 Å². The van der Waals surface area contributed by atoms with Crippen LogP contribution < -0.4 is 5.32 Å². The molecule has 0 amide bonds. The van der Waals surface area contributed by atoms with Crippen molar-refractivity contribution >= 4 is 38.5 Å². The highest BCUT2D eigenvalue weighted by molar-refractivity contribution is 9.10. The molecule has 1 N–H and O–H groups in total. The van der Waals surface area contributed by atoms with Crippen molar-refractivity contribution < 1.29 is 0 Å². The van der Waals surface area contributed by atoms with Crippen LogP contribution in [0.2, 0.25) is 0 Å². The van der Waals surface area contributed by atoms with Gasteiger partial charge in [0.15, 0.2) is 5.17 Å². The second kappa shape index (κ2) is 5.49. The zero-order chi connectivity index (χ0) is 13.3. The van der Waals surface area contributed by atoms with E-state index < -0.39 is 0 Å². The van der Waals surface area contributed by atoms with Gasteiger partial charge in [-0.15, -0.1) is 0 Å². The van der Waals surface area contributed by atoms with Crippen LogP contribution in [-0.4, -0.2) is 16.5 Å². The Labute approximate surface area is 127 Å². The van der Waals surface area contributed by atoms with E-state index in [4.69, 9.17) is 4.99 Å². The molecule has 1 fully saturated rings. The molecule has 2 aliphatic rings. The molecule has 19 heavy (non-hydrogen) atoms. The molecule has 0 bridgehead atoms. The number of nitrogens with one attached hydrogen (secondary N) is 1. The van der Waals surface area contributed by atoms with Crippen molar-refractivity contribution in [2.24, 2.45) is 4.99 Å². The lowest BCUT2D eigenvalue weighted by Gasteiger charge is -2.29. The van der Waals surface area contributed by atoms with Crippen LogP contribution in [0.25, 0.3) is 0 Å². The summed E-state index contributed by atoms with van der Waals surface area (Å²) in [5.74, 6) is 1.15. The lowest BCUT2D eigenvalue weighted by atomic mass is 9.84. The highest BCUT2D eigenvalue weighted by Gasteiger charge is 2.36. The van der Waals surface area contributed by atoms with Gasteiger partial charge in [-0.1, -0.05) is 43.2 Å². The molecule has 1 aromatic rings. The van der Waals surface area contributed by atoms with Crippen molar-refractivity contribution in [1.29, 1.82) is 0 Å². The molecule has 1 saturated carbocycles. The van der Waals surface area contributed by atoms with E-state index in [0.717, 1.165) is 21.1 Å².